The Morgan fingerprint density at radius 1 is 0.719 bits per heavy atom. The molecule has 0 bridgehead atoms. The van der Waals surface area contributed by atoms with E-state index in [2.05, 4.69) is 0 Å². The lowest BCUT2D eigenvalue weighted by Crippen LogP contribution is -2.05. The van der Waals surface area contributed by atoms with Gasteiger partial charge in [-0.15, -0.1) is 0 Å². The zero-order valence-corrected chi connectivity index (χ0v) is 19.1. The molecule has 0 fully saturated rings. The molecule has 0 aromatic heterocycles. The maximum Gasteiger partial charge on any atom is 0.330 e. The number of hydrogen-bond donors (Lipinski definition) is 0. The highest BCUT2D eigenvalue weighted by molar-refractivity contribution is 5.99. The highest BCUT2D eigenvalue weighted by atomic mass is 16.5. The first-order valence-corrected chi connectivity index (χ1v) is 10.5. The Balaban J connectivity index is 2.60. The Morgan fingerprint density at radius 3 is 1.75 bits per heavy atom. The molecule has 0 aliphatic heterocycles. The molecule has 0 aliphatic rings. The van der Waals surface area contributed by atoms with Crippen molar-refractivity contribution in [1.29, 1.82) is 0 Å². The Labute approximate surface area is 189 Å². The van der Waals surface area contributed by atoms with Crippen molar-refractivity contribution in [2.24, 2.45) is 0 Å². The molecule has 0 saturated heterocycles. The van der Waals surface area contributed by atoms with Gasteiger partial charge in [0.15, 0.2) is 0 Å². The fourth-order valence-corrected chi connectivity index (χ4v) is 3.17. The summed E-state index contributed by atoms with van der Waals surface area (Å²) in [7, 11) is 3.21. The number of allylic oxidation sites excluding steroid dienone is 3. The monoisotopic (exact) mass is 438 g/mol. The molecule has 6 nitrogen and oxygen atoms in total. The molecule has 0 amide bonds. The van der Waals surface area contributed by atoms with Crippen molar-refractivity contribution in [2.45, 2.75) is 26.7 Å². The van der Waals surface area contributed by atoms with Gasteiger partial charge in [0.05, 0.1) is 27.4 Å². The number of hydrogen-bond acceptors (Lipinski definition) is 6. The zero-order chi connectivity index (χ0) is 23.3. The normalized spacial score (nSPS) is 11.6. The molecular weight excluding hydrogens is 408 g/mol. The molecule has 0 heterocycles. The predicted octanol–water partition coefficient (Wildman–Crippen LogP) is 5.08. The molecule has 0 unspecified atom stereocenters. The number of esters is 2. The van der Waals surface area contributed by atoms with Crippen LogP contribution in [0.5, 0.6) is 11.5 Å². The third-order valence-corrected chi connectivity index (χ3v) is 4.72. The fourth-order valence-electron chi connectivity index (χ4n) is 3.17. The molecule has 0 aliphatic carbocycles. The van der Waals surface area contributed by atoms with Crippen LogP contribution in [-0.2, 0) is 19.1 Å². The first kappa shape index (κ1) is 24.7. The van der Waals surface area contributed by atoms with Crippen LogP contribution in [0.4, 0.5) is 0 Å². The lowest BCUT2D eigenvalue weighted by atomic mass is 9.91. The van der Waals surface area contributed by atoms with Gasteiger partial charge < -0.3 is 18.9 Å². The van der Waals surface area contributed by atoms with E-state index in [-0.39, 0.29) is 12.4 Å². The van der Waals surface area contributed by atoms with Crippen LogP contribution in [0.15, 0.2) is 60.7 Å². The van der Waals surface area contributed by atoms with Gasteiger partial charge in [-0.3, -0.25) is 4.79 Å². The van der Waals surface area contributed by atoms with Gasteiger partial charge >= 0.3 is 11.9 Å². The number of methoxy groups -OCH3 is 2. The average molecular weight is 439 g/mol. The van der Waals surface area contributed by atoms with Crippen molar-refractivity contribution in [1.82, 2.24) is 0 Å². The maximum atomic E-state index is 12.1. The van der Waals surface area contributed by atoms with Crippen LogP contribution >= 0.6 is 0 Å². The van der Waals surface area contributed by atoms with Crippen LogP contribution < -0.4 is 9.47 Å². The van der Waals surface area contributed by atoms with Crippen molar-refractivity contribution in [2.75, 3.05) is 27.4 Å². The summed E-state index contributed by atoms with van der Waals surface area (Å²) in [6.07, 6.45) is 3.77. The summed E-state index contributed by atoms with van der Waals surface area (Å²) in [5.41, 5.74) is 3.48. The van der Waals surface area contributed by atoms with Crippen molar-refractivity contribution >= 4 is 23.1 Å². The topological polar surface area (TPSA) is 71.1 Å². The standard InChI is InChI=1S/C26H30O6/c1-5-31-25(27)17-15-23(19-7-11-21(29-3)12-8-19)24(16-18-26(28)32-6-2)20-9-13-22(30-4)14-10-20/h7-15,17H,5-6,16,18H2,1-4H3/b17-15+,24-23-. The molecule has 0 N–H and O–H groups in total. The van der Waals surface area contributed by atoms with E-state index < -0.39 is 5.97 Å². The zero-order valence-electron chi connectivity index (χ0n) is 19.1. The fraction of sp³-hybridized carbons (Fsp3) is 0.308. The van der Waals surface area contributed by atoms with Gasteiger partial charge in [0.1, 0.15) is 11.5 Å². The van der Waals surface area contributed by atoms with Crippen LogP contribution in [0.2, 0.25) is 0 Å². The van der Waals surface area contributed by atoms with Gasteiger partial charge in [-0.25, -0.2) is 4.79 Å². The predicted molar refractivity (Wildman–Crippen MR) is 124 cm³/mol. The number of rotatable bonds is 11. The highest BCUT2D eigenvalue weighted by Gasteiger charge is 2.14. The van der Waals surface area contributed by atoms with E-state index in [0.717, 1.165) is 33.8 Å². The summed E-state index contributed by atoms with van der Waals surface area (Å²) in [5.74, 6) is 0.742. The average Bonchev–Trinajstić information content (AvgIpc) is 2.82. The second-order valence-corrected chi connectivity index (χ2v) is 6.74. The van der Waals surface area contributed by atoms with Gasteiger partial charge in [0.25, 0.3) is 0 Å². The third kappa shape index (κ3) is 7.30. The summed E-state index contributed by atoms with van der Waals surface area (Å²) < 4.78 is 20.7. The molecule has 0 spiro atoms. The molecule has 0 radical (unpaired) electrons. The number of benzene rings is 2. The van der Waals surface area contributed by atoms with Gasteiger partial charge in [0, 0.05) is 12.5 Å². The van der Waals surface area contributed by atoms with Crippen molar-refractivity contribution < 1.29 is 28.5 Å². The smallest absolute Gasteiger partial charge is 0.330 e. The van der Waals surface area contributed by atoms with Crippen molar-refractivity contribution in [3.05, 3.63) is 71.8 Å². The first-order valence-electron chi connectivity index (χ1n) is 10.5. The Bertz CT molecular complexity index is 939. The van der Waals surface area contributed by atoms with Crippen LogP contribution in [0, 0.1) is 0 Å². The van der Waals surface area contributed by atoms with Gasteiger partial charge in [0.2, 0.25) is 0 Å². The van der Waals surface area contributed by atoms with Crippen LogP contribution in [0.1, 0.15) is 37.8 Å². The molecule has 2 aromatic carbocycles. The summed E-state index contributed by atoms with van der Waals surface area (Å²) in [6, 6.07) is 15.1. The Kier molecular flexibility index (Phi) is 10.0. The third-order valence-electron chi connectivity index (χ3n) is 4.72. The molecule has 32 heavy (non-hydrogen) atoms. The summed E-state index contributed by atoms with van der Waals surface area (Å²) >= 11 is 0. The van der Waals surface area contributed by atoms with E-state index in [1.54, 1.807) is 34.1 Å². The van der Waals surface area contributed by atoms with E-state index in [4.69, 9.17) is 18.9 Å². The molecular formula is C26H30O6. The number of carbonyl (C=O) groups excluding carboxylic acids is 2. The number of ether oxygens (including phenoxy) is 4. The Hall–Kier alpha value is -3.54. The van der Waals surface area contributed by atoms with E-state index >= 15 is 0 Å². The van der Waals surface area contributed by atoms with E-state index in [9.17, 15) is 9.59 Å². The van der Waals surface area contributed by atoms with Gasteiger partial charge in [-0.05, 0) is 72.9 Å². The van der Waals surface area contributed by atoms with Crippen molar-refractivity contribution in [3.8, 4) is 11.5 Å². The Morgan fingerprint density at radius 2 is 1.25 bits per heavy atom. The van der Waals surface area contributed by atoms with Gasteiger partial charge in [-0.1, -0.05) is 24.3 Å². The molecule has 170 valence electrons. The molecule has 0 atom stereocenters. The van der Waals surface area contributed by atoms with Crippen LogP contribution in [0.3, 0.4) is 0 Å². The number of carbonyl (C=O) groups is 2. The minimum atomic E-state index is -0.432. The van der Waals surface area contributed by atoms with Crippen LogP contribution in [-0.4, -0.2) is 39.4 Å². The van der Waals surface area contributed by atoms with E-state index in [1.165, 1.54) is 6.08 Å². The highest BCUT2D eigenvalue weighted by Crippen LogP contribution is 2.33. The summed E-state index contributed by atoms with van der Waals surface area (Å²) in [6.45, 7) is 4.16. The molecule has 2 aromatic rings. The van der Waals surface area contributed by atoms with E-state index in [0.29, 0.717) is 19.6 Å². The molecule has 0 saturated carbocycles. The van der Waals surface area contributed by atoms with Crippen molar-refractivity contribution in [3.63, 3.8) is 0 Å². The maximum absolute atomic E-state index is 12.1. The lowest BCUT2D eigenvalue weighted by molar-refractivity contribution is -0.143. The summed E-state index contributed by atoms with van der Waals surface area (Å²) in [4.78, 5) is 24.1. The first-order chi connectivity index (χ1) is 15.5. The van der Waals surface area contributed by atoms with Gasteiger partial charge in [-0.2, -0.15) is 0 Å². The lowest BCUT2D eigenvalue weighted by Gasteiger charge is -2.15. The SMILES string of the molecule is CCOC(=O)/C=C/C(=C(\CCC(=O)OCC)c1ccc(OC)cc1)c1ccc(OC)cc1. The molecule has 6 heteroatoms. The largest absolute Gasteiger partial charge is 0.497 e. The second kappa shape index (κ2) is 13.0. The quantitative estimate of drug-likeness (QED) is 0.211. The minimum absolute atomic E-state index is 0.210. The van der Waals surface area contributed by atoms with Crippen LogP contribution in [0.25, 0.3) is 11.1 Å². The van der Waals surface area contributed by atoms with E-state index in [1.807, 2.05) is 48.5 Å². The second-order valence-electron chi connectivity index (χ2n) is 6.74. The molecule has 2 rings (SSSR count). The summed E-state index contributed by atoms with van der Waals surface area (Å²) in [5, 5.41) is 0. The minimum Gasteiger partial charge on any atom is -0.497 e.